The number of H-pyrrole nitrogens is 1. The fraction of sp³-hybridized carbons (Fsp3) is 0.414. The zero-order valence-electron chi connectivity index (χ0n) is 22.9. The predicted octanol–water partition coefficient (Wildman–Crippen LogP) is 5.16. The summed E-state index contributed by atoms with van der Waals surface area (Å²) >= 11 is 0. The fourth-order valence-corrected chi connectivity index (χ4v) is 4.94. The van der Waals surface area contributed by atoms with Crippen LogP contribution in [0.5, 0.6) is 5.88 Å². The number of aromatic nitrogens is 2. The number of rotatable bonds is 7. The van der Waals surface area contributed by atoms with Gasteiger partial charge in [-0.2, -0.15) is 13.2 Å². The van der Waals surface area contributed by atoms with Crippen molar-refractivity contribution in [3.05, 3.63) is 70.0 Å². The maximum absolute atomic E-state index is 15.6. The first-order valence-corrected chi connectivity index (χ1v) is 13.4. The number of hydrogen-bond donors (Lipinski definition) is 2. The van der Waals surface area contributed by atoms with Crippen molar-refractivity contribution in [3.63, 3.8) is 0 Å². The smallest absolute Gasteiger partial charge is 0.417 e. The van der Waals surface area contributed by atoms with Crippen molar-refractivity contribution in [2.24, 2.45) is 5.92 Å². The molecule has 3 aromatic rings. The minimum absolute atomic E-state index is 0.0912. The molecule has 12 heteroatoms. The lowest BCUT2D eigenvalue weighted by molar-refractivity contribution is -0.138. The van der Waals surface area contributed by atoms with Crippen molar-refractivity contribution in [2.75, 3.05) is 37.0 Å². The normalized spacial score (nSPS) is 19.7. The quantitative estimate of drug-likeness (QED) is 0.380. The summed E-state index contributed by atoms with van der Waals surface area (Å²) in [5, 5.41) is 2.56. The molecular weight excluding hydrogens is 542 g/mol. The van der Waals surface area contributed by atoms with Crippen molar-refractivity contribution in [1.82, 2.24) is 14.9 Å². The molecule has 2 atom stereocenters. The summed E-state index contributed by atoms with van der Waals surface area (Å²) in [5.41, 5.74) is -2.13. The summed E-state index contributed by atoms with van der Waals surface area (Å²) in [7, 11) is 1.99. The number of anilines is 2. The van der Waals surface area contributed by atoms with E-state index in [1.807, 2.05) is 25.8 Å². The van der Waals surface area contributed by atoms with Crippen LogP contribution in [0.4, 0.5) is 28.9 Å². The molecule has 3 heterocycles. The summed E-state index contributed by atoms with van der Waals surface area (Å²) in [6.45, 7) is 5.60. The third-order valence-electron chi connectivity index (χ3n) is 7.72. The van der Waals surface area contributed by atoms with Crippen LogP contribution in [-0.4, -0.2) is 59.6 Å². The first-order valence-electron chi connectivity index (χ1n) is 13.4. The Kier molecular flexibility index (Phi) is 7.78. The highest BCUT2D eigenvalue weighted by molar-refractivity contribution is 6.07. The van der Waals surface area contributed by atoms with Gasteiger partial charge in [0.05, 0.1) is 29.1 Å². The number of piperazine rings is 1. The number of benzene rings is 1. The first-order chi connectivity index (χ1) is 19.4. The monoisotopic (exact) mass is 573 g/mol. The highest BCUT2D eigenvalue weighted by atomic mass is 19.4. The molecule has 8 nitrogen and oxygen atoms in total. The van der Waals surface area contributed by atoms with Crippen molar-refractivity contribution < 1.29 is 27.1 Å². The second kappa shape index (κ2) is 11.2. The van der Waals surface area contributed by atoms with E-state index in [0.717, 1.165) is 19.0 Å². The summed E-state index contributed by atoms with van der Waals surface area (Å²) in [4.78, 5) is 35.3. The van der Waals surface area contributed by atoms with Crippen LogP contribution in [-0.2, 0) is 6.18 Å². The van der Waals surface area contributed by atoms with Crippen LogP contribution < -0.4 is 20.5 Å². The molecule has 2 fully saturated rings. The van der Waals surface area contributed by atoms with Gasteiger partial charge >= 0.3 is 6.18 Å². The van der Waals surface area contributed by atoms with Gasteiger partial charge in [-0.15, -0.1) is 0 Å². The summed E-state index contributed by atoms with van der Waals surface area (Å²) in [5.74, 6) is -0.729. The van der Waals surface area contributed by atoms with E-state index in [1.165, 1.54) is 18.3 Å². The predicted molar refractivity (Wildman–Crippen MR) is 147 cm³/mol. The van der Waals surface area contributed by atoms with E-state index in [2.05, 4.69) is 20.2 Å². The first kappa shape index (κ1) is 28.6. The van der Waals surface area contributed by atoms with Crippen molar-refractivity contribution in [3.8, 4) is 17.0 Å². The van der Waals surface area contributed by atoms with E-state index in [9.17, 15) is 22.8 Å². The Balaban J connectivity index is 1.52. The zero-order chi connectivity index (χ0) is 29.5. The van der Waals surface area contributed by atoms with Crippen molar-refractivity contribution in [1.29, 1.82) is 0 Å². The van der Waals surface area contributed by atoms with Gasteiger partial charge in [0.15, 0.2) is 0 Å². The Hall–Kier alpha value is -3.93. The average Bonchev–Trinajstić information content (AvgIpc) is 3.75. The molecular formula is C29H31F4N5O3. The molecule has 1 saturated carbocycles. The number of likely N-dealkylation sites (N-methyl/N-ethyl adjacent to an activating group) is 1. The lowest BCUT2D eigenvalue weighted by Gasteiger charge is -2.44. The van der Waals surface area contributed by atoms with Crippen LogP contribution >= 0.6 is 0 Å². The SMILES string of the molecule is C[C@@H]1CN(c2cc(F)c(-c3ccc(OCC4CC4)nc3)cc2NC(=O)c2c[nH]c(=O)cc2C(F)(F)F)C[C@@H](C)N1C. The van der Waals surface area contributed by atoms with Gasteiger partial charge in [-0.05, 0) is 57.9 Å². The number of nitrogens with zero attached hydrogens (tertiary/aromatic N) is 3. The highest BCUT2D eigenvalue weighted by Crippen LogP contribution is 2.37. The Morgan fingerprint density at radius 2 is 1.85 bits per heavy atom. The van der Waals surface area contributed by atoms with Gasteiger partial charge in [0.25, 0.3) is 5.91 Å². The van der Waals surface area contributed by atoms with Gasteiger partial charge in [-0.1, -0.05) is 0 Å². The highest BCUT2D eigenvalue weighted by Gasteiger charge is 2.36. The number of amides is 1. The second-order valence-electron chi connectivity index (χ2n) is 10.8. The maximum atomic E-state index is 15.6. The Morgan fingerprint density at radius 1 is 1.15 bits per heavy atom. The van der Waals surface area contributed by atoms with Crippen LogP contribution in [0.3, 0.4) is 0 Å². The van der Waals surface area contributed by atoms with Gasteiger partial charge < -0.3 is 19.9 Å². The maximum Gasteiger partial charge on any atom is 0.417 e. The molecule has 1 aliphatic carbocycles. The van der Waals surface area contributed by atoms with Crippen LogP contribution in [0, 0.1) is 11.7 Å². The molecule has 2 aromatic heterocycles. The standard InChI is InChI=1S/C29H31F4N5O3/c1-16-13-38(14-17(2)37(16)3)25-10-23(30)20(19-6-7-27(35-11-19)41-15-18-4-5-18)8-24(25)36-28(40)21-12-34-26(39)9-22(21)29(31,32)33/h6-12,16-18H,4-5,13-15H2,1-3H3,(H,34,39)(H,36,40)/t16-,17-/m1/s1. The minimum atomic E-state index is -4.94. The number of carbonyl (C=O) groups is 1. The van der Waals surface area contributed by atoms with Crippen LogP contribution in [0.25, 0.3) is 11.1 Å². The largest absolute Gasteiger partial charge is 0.477 e. The second-order valence-corrected chi connectivity index (χ2v) is 10.8. The van der Waals surface area contributed by atoms with Crippen LogP contribution in [0.1, 0.15) is 42.6 Å². The summed E-state index contributed by atoms with van der Waals surface area (Å²) in [6.07, 6.45) is -0.503. The molecule has 1 aromatic carbocycles. The topological polar surface area (TPSA) is 90.6 Å². The zero-order valence-corrected chi connectivity index (χ0v) is 22.9. The molecule has 1 amide bonds. The Morgan fingerprint density at radius 3 is 2.46 bits per heavy atom. The molecule has 218 valence electrons. The molecule has 1 aliphatic heterocycles. The van der Waals surface area contributed by atoms with E-state index >= 15 is 4.39 Å². The summed E-state index contributed by atoms with van der Waals surface area (Å²) < 4.78 is 62.3. The molecule has 0 unspecified atom stereocenters. The Bertz CT molecular complexity index is 1480. The fourth-order valence-electron chi connectivity index (χ4n) is 4.94. The van der Waals surface area contributed by atoms with E-state index in [0.29, 0.717) is 48.8 Å². The third kappa shape index (κ3) is 6.37. The van der Waals surface area contributed by atoms with E-state index in [-0.39, 0.29) is 23.3 Å². The number of alkyl halides is 3. The van der Waals surface area contributed by atoms with Gasteiger partial charge in [0.2, 0.25) is 11.4 Å². The lowest BCUT2D eigenvalue weighted by Crippen LogP contribution is -2.55. The van der Waals surface area contributed by atoms with Crippen molar-refractivity contribution in [2.45, 2.75) is 44.9 Å². The third-order valence-corrected chi connectivity index (χ3v) is 7.72. The molecule has 1 saturated heterocycles. The summed E-state index contributed by atoms with van der Waals surface area (Å²) in [6, 6.07) is 6.48. The number of ether oxygens (including phenoxy) is 1. The van der Waals surface area contributed by atoms with E-state index < -0.39 is 34.6 Å². The average molecular weight is 574 g/mol. The molecule has 2 aliphatic rings. The van der Waals surface area contributed by atoms with Gasteiger partial charge in [-0.25, -0.2) is 9.37 Å². The number of nitrogens with one attached hydrogen (secondary N) is 2. The molecule has 41 heavy (non-hydrogen) atoms. The minimum Gasteiger partial charge on any atom is -0.477 e. The number of carbonyl (C=O) groups excluding carboxylic acids is 1. The molecule has 0 bridgehead atoms. The number of hydrogen-bond acceptors (Lipinski definition) is 6. The van der Waals surface area contributed by atoms with Gasteiger partial charge in [-0.3, -0.25) is 14.5 Å². The van der Waals surface area contributed by atoms with E-state index in [4.69, 9.17) is 4.74 Å². The van der Waals surface area contributed by atoms with Crippen LogP contribution in [0.15, 0.2) is 47.5 Å². The Labute approximate surface area is 234 Å². The molecule has 2 N–H and O–H groups in total. The molecule has 0 radical (unpaired) electrons. The number of pyridine rings is 2. The van der Waals surface area contributed by atoms with Gasteiger partial charge in [0.1, 0.15) is 5.82 Å². The van der Waals surface area contributed by atoms with E-state index in [1.54, 1.807) is 12.1 Å². The number of aromatic amines is 1. The number of halogens is 4. The van der Waals surface area contributed by atoms with Crippen LogP contribution in [0.2, 0.25) is 0 Å². The lowest BCUT2D eigenvalue weighted by atomic mass is 10.0. The molecule has 0 spiro atoms. The van der Waals surface area contributed by atoms with Crippen molar-refractivity contribution >= 4 is 17.3 Å². The molecule has 5 rings (SSSR count). The van der Waals surface area contributed by atoms with Gasteiger partial charge in [0, 0.05) is 60.8 Å².